The summed E-state index contributed by atoms with van der Waals surface area (Å²) in [5.41, 5.74) is 0.515. The van der Waals surface area contributed by atoms with E-state index in [2.05, 4.69) is 0 Å². The topological polar surface area (TPSA) is 66.8 Å². The largest absolute Gasteiger partial charge is 0.481 e. The maximum atomic E-state index is 13.1. The molecule has 1 aromatic rings. The minimum Gasteiger partial charge on any atom is -0.481 e. The van der Waals surface area contributed by atoms with Crippen molar-refractivity contribution < 1.29 is 23.8 Å². The van der Waals surface area contributed by atoms with E-state index in [0.717, 1.165) is 6.07 Å². The van der Waals surface area contributed by atoms with Crippen LogP contribution in [0.4, 0.5) is 4.39 Å². The zero-order chi connectivity index (χ0) is 18.1. The first-order valence-corrected chi connectivity index (χ1v) is 8.25. The molecule has 1 atom stereocenters. The van der Waals surface area contributed by atoms with Gasteiger partial charge in [0.1, 0.15) is 5.82 Å². The summed E-state index contributed by atoms with van der Waals surface area (Å²) >= 11 is 5.96. The van der Waals surface area contributed by atoms with Gasteiger partial charge >= 0.3 is 5.97 Å². The van der Waals surface area contributed by atoms with Crippen LogP contribution in [-0.2, 0) is 20.7 Å². The monoisotopic (exact) mass is 359 g/mol. The van der Waals surface area contributed by atoms with Gasteiger partial charge in [0.15, 0.2) is 0 Å². The van der Waals surface area contributed by atoms with Gasteiger partial charge in [0.05, 0.1) is 12.3 Å². The van der Waals surface area contributed by atoms with Crippen molar-refractivity contribution in [1.82, 2.24) is 4.90 Å². The van der Waals surface area contributed by atoms with E-state index >= 15 is 0 Å². The first-order chi connectivity index (χ1) is 11.3. The van der Waals surface area contributed by atoms with Crippen molar-refractivity contribution in [3.8, 4) is 0 Å². The molecule has 1 amide bonds. The second-order valence-electron chi connectivity index (χ2n) is 5.54. The molecule has 0 saturated carbocycles. The van der Waals surface area contributed by atoms with Crippen LogP contribution in [0, 0.1) is 11.7 Å². The minimum absolute atomic E-state index is 0.0000866. The van der Waals surface area contributed by atoms with Crippen molar-refractivity contribution in [2.75, 3.05) is 26.3 Å². The Bertz CT molecular complexity index is 568. The van der Waals surface area contributed by atoms with Gasteiger partial charge in [0.2, 0.25) is 5.91 Å². The van der Waals surface area contributed by atoms with Gasteiger partial charge in [-0.25, -0.2) is 4.39 Å². The van der Waals surface area contributed by atoms with Crippen LogP contribution >= 0.6 is 11.6 Å². The fourth-order valence-electron chi connectivity index (χ4n) is 2.17. The Labute approximate surface area is 146 Å². The van der Waals surface area contributed by atoms with Gasteiger partial charge in [0, 0.05) is 31.3 Å². The van der Waals surface area contributed by atoms with E-state index < -0.39 is 17.7 Å². The Balaban J connectivity index is 2.75. The van der Waals surface area contributed by atoms with Gasteiger partial charge in [-0.05, 0) is 31.0 Å². The summed E-state index contributed by atoms with van der Waals surface area (Å²) in [6.45, 7) is 5.03. The van der Waals surface area contributed by atoms with Crippen LogP contribution in [0.2, 0.25) is 5.02 Å². The SMILES string of the molecule is CCOCCCN(CC(C)C(=O)O)C(=O)Cc1ccc(F)cc1Cl. The van der Waals surface area contributed by atoms with E-state index in [0.29, 0.717) is 31.7 Å². The lowest BCUT2D eigenvalue weighted by Crippen LogP contribution is -2.39. The summed E-state index contributed by atoms with van der Waals surface area (Å²) in [7, 11) is 0. The third-order valence-electron chi connectivity index (χ3n) is 3.55. The highest BCUT2D eigenvalue weighted by molar-refractivity contribution is 6.31. The van der Waals surface area contributed by atoms with E-state index in [1.54, 1.807) is 6.92 Å². The summed E-state index contributed by atoms with van der Waals surface area (Å²) in [5.74, 6) is -2.35. The van der Waals surface area contributed by atoms with Gasteiger partial charge in [-0.3, -0.25) is 9.59 Å². The molecule has 0 aliphatic carbocycles. The number of nitrogens with zero attached hydrogens (tertiary/aromatic N) is 1. The highest BCUT2D eigenvalue weighted by atomic mass is 35.5. The Morgan fingerprint density at radius 2 is 2.12 bits per heavy atom. The molecule has 5 nitrogen and oxygen atoms in total. The molecule has 7 heteroatoms. The standard InChI is InChI=1S/C17H23ClFNO4/c1-3-24-8-4-7-20(11-12(2)17(22)23)16(21)9-13-5-6-14(19)10-15(13)18/h5-6,10,12H,3-4,7-9,11H2,1-2H3,(H,22,23). The van der Waals surface area contributed by atoms with Gasteiger partial charge in [-0.2, -0.15) is 0 Å². The fourth-order valence-corrected chi connectivity index (χ4v) is 2.40. The summed E-state index contributed by atoms with van der Waals surface area (Å²) in [5, 5.41) is 9.25. The molecule has 134 valence electrons. The molecule has 0 aliphatic rings. The number of benzene rings is 1. The normalized spacial score (nSPS) is 12.0. The predicted octanol–water partition coefficient (Wildman–Crippen LogP) is 3.00. The molecule has 0 heterocycles. The van der Waals surface area contributed by atoms with Crippen LogP contribution in [0.15, 0.2) is 18.2 Å². The van der Waals surface area contributed by atoms with Crippen LogP contribution in [0.1, 0.15) is 25.8 Å². The molecule has 0 spiro atoms. The first-order valence-electron chi connectivity index (χ1n) is 7.87. The first kappa shape index (κ1) is 20.4. The van der Waals surface area contributed by atoms with Crippen molar-refractivity contribution in [2.24, 2.45) is 5.92 Å². The third kappa shape index (κ3) is 6.84. The molecule has 0 radical (unpaired) electrons. The zero-order valence-electron chi connectivity index (χ0n) is 13.9. The average Bonchev–Trinajstić information content (AvgIpc) is 2.52. The van der Waals surface area contributed by atoms with E-state index in [-0.39, 0.29) is 23.9 Å². The van der Waals surface area contributed by atoms with E-state index in [1.807, 2.05) is 6.92 Å². The number of hydrogen-bond donors (Lipinski definition) is 1. The number of aliphatic carboxylic acids is 1. The van der Waals surface area contributed by atoms with E-state index in [1.165, 1.54) is 17.0 Å². The second kappa shape index (κ2) is 10.3. The van der Waals surface area contributed by atoms with Gasteiger partial charge in [0.25, 0.3) is 0 Å². The number of carbonyl (C=O) groups is 2. The molecular weight excluding hydrogens is 337 g/mol. The van der Waals surface area contributed by atoms with Crippen molar-refractivity contribution in [2.45, 2.75) is 26.7 Å². The molecule has 1 unspecified atom stereocenters. The molecule has 24 heavy (non-hydrogen) atoms. The minimum atomic E-state index is -0.961. The molecule has 0 aliphatic heterocycles. The molecule has 0 bridgehead atoms. The fraction of sp³-hybridized carbons (Fsp3) is 0.529. The number of carbonyl (C=O) groups excluding carboxylic acids is 1. The lowest BCUT2D eigenvalue weighted by molar-refractivity contribution is -0.143. The van der Waals surface area contributed by atoms with Gasteiger partial charge < -0.3 is 14.7 Å². The number of hydrogen-bond acceptors (Lipinski definition) is 3. The zero-order valence-corrected chi connectivity index (χ0v) is 14.7. The number of rotatable bonds is 10. The number of amides is 1. The van der Waals surface area contributed by atoms with Crippen molar-refractivity contribution in [3.05, 3.63) is 34.6 Å². The molecule has 0 saturated heterocycles. The van der Waals surface area contributed by atoms with Crippen molar-refractivity contribution >= 4 is 23.5 Å². The number of carboxylic acid groups (broad SMARTS) is 1. The van der Waals surface area contributed by atoms with Crippen LogP contribution in [0.5, 0.6) is 0 Å². The maximum absolute atomic E-state index is 13.1. The van der Waals surface area contributed by atoms with Gasteiger partial charge in [-0.15, -0.1) is 0 Å². The van der Waals surface area contributed by atoms with Crippen LogP contribution < -0.4 is 0 Å². The predicted molar refractivity (Wildman–Crippen MR) is 89.6 cm³/mol. The molecule has 1 rings (SSSR count). The Kier molecular flexibility index (Phi) is 8.71. The van der Waals surface area contributed by atoms with Crippen molar-refractivity contribution in [3.63, 3.8) is 0 Å². The van der Waals surface area contributed by atoms with Crippen LogP contribution in [-0.4, -0.2) is 48.2 Å². The summed E-state index contributed by atoms with van der Waals surface area (Å²) in [6.07, 6.45) is 0.614. The van der Waals surface area contributed by atoms with Gasteiger partial charge in [-0.1, -0.05) is 24.6 Å². The van der Waals surface area contributed by atoms with Crippen LogP contribution in [0.3, 0.4) is 0 Å². The lowest BCUT2D eigenvalue weighted by Gasteiger charge is -2.25. The summed E-state index contributed by atoms with van der Waals surface area (Å²) < 4.78 is 18.3. The molecule has 0 fully saturated rings. The molecule has 0 aromatic heterocycles. The Morgan fingerprint density at radius 3 is 2.71 bits per heavy atom. The quantitative estimate of drug-likeness (QED) is 0.652. The lowest BCUT2D eigenvalue weighted by atomic mass is 10.1. The van der Waals surface area contributed by atoms with Crippen molar-refractivity contribution in [1.29, 1.82) is 0 Å². The highest BCUT2D eigenvalue weighted by Crippen LogP contribution is 2.19. The Morgan fingerprint density at radius 1 is 1.42 bits per heavy atom. The third-order valence-corrected chi connectivity index (χ3v) is 3.90. The summed E-state index contributed by atoms with van der Waals surface area (Å²) in [6, 6.07) is 3.87. The van der Waals surface area contributed by atoms with E-state index in [9.17, 15) is 14.0 Å². The highest BCUT2D eigenvalue weighted by Gasteiger charge is 2.21. The number of carboxylic acids is 1. The van der Waals surface area contributed by atoms with E-state index in [4.69, 9.17) is 21.4 Å². The second-order valence-corrected chi connectivity index (χ2v) is 5.95. The number of halogens is 2. The number of ether oxygens (including phenoxy) is 1. The molecular formula is C17H23ClFNO4. The average molecular weight is 360 g/mol. The maximum Gasteiger partial charge on any atom is 0.308 e. The molecule has 1 N–H and O–H groups in total. The summed E-state index contributed by atoms with van der Waals surface area (Å²) in [4.78, 5) is 25.1. The smallest absolute Gasteiger partial charge is 0.308 e. The molecule has 1 aromatic carbocycles. The van der Waals surface area contributed by atoms with Crippen LogP contribution in [0.25, 0.3) is 0 Å². The Hall–Kier alpha value is -1.66.